The van der Waals surface area contributed by atoms with Crippen LogP contribution in [0, 0.1) is 0 Å². The maximum atomic E-state index is 5.73. The van der Waals surface area contributed by atoms with E-state index < -0.39 is 0 Å². The van der Waals surface area contributed by atoms with Gasteiger partial charge in [0.1, 0.15) is 5.76 Å². The Morgan fingerprint density at radius 2 is 2.12 bits per heavy atom. The van der Waals surface area contributed by atoms with Crippen molar-refractivity contribution in [2.75, 3.05) is 13.1 Å². The van der Waals surface area contributed by atoms with E-state index in [1.54, 1.807) is 0 Å². The Hall–Kier alpha value is -0.830. The molecule has 0 radical (unpaired) electrons. The molecule has 16 heavy (non-hydrogen) atoms. The molecule has 0 saturated heterocycles. The van der Waals surface area contributed by atoms with Crippen LogP contribution in [0.4, 0.5) is 0 Å². The second kappa shape index (κ2) is 7.44. The predicted molar refractivity (Wildman–Crippen MR) is 66.7 cm³/mol. The SMILES string of the molecule is CCCNCCc1ncc(C(C)CCC)o1. The minimum atomic E-state index is 0.495. The van der Waals surface area contributed by atoms with Crippen molar-refractivity contribution in [3.05, 3.63) is 17.8 Å². The van der Waals surface area contributed by atoms with E-state index in [9.17, 15) is 0 Å². The lowest BCUT2D eigenvalue weighted by Gasteiger charge is -2.04. The zero-order chi connectivity index (χ0) is 11.8. The topological polar surface area (TPSA) is 38.1 Å². The number of hydrogen-bond acceptors (Lipinski definition) is 3. The summed E-state index contributed by atoms with van der Waals surface area (Å²) in [4.78, 5) is 4.31. The first-order valence-electron chi connectivity index (χ1n) is 6.43. The van der Waals surface area contributed by atoms with E-state index in [1.165, 1.54) is 19.3 Å². The summed E-state index contributed by atoms with van der Waals surface area (Å²) >= 11 is 0. The van der Waals surface area contributed by atoms with Crippen LogP contribution in [0.15, 0.2) is 10.6 Å². The van der Waals surface area contributed by atoms with Gasteiger partial charge in [-0.3, -0.25) is 0 Å². The molecule has 0 aliphatic heterocycles. The molecule has 92 valence electrons. The average molecular weight is 224 g/mol. The summed E-state index contributed by atoms with van der Waals surface area (Å²) in [5.41, 5.74) is 0. The van der Waals surface area contributed by atoms with Crippen molar-refractivity contribution in [1.29, 1.82) is 0 Å². The van der Waals surface area contributed by atoms with E-state index in [0.717, 1.165) is 31.2 Å². The molecule has 0 aliphatic carbocycles. The van der Waals surface area contributed by atoms with Crippen molar-refractivity contribution in [1.82, 2.24) is 10.3 Å². The van der Waals surface area contributed by atoms with Gasteiger partial charge >= 0.3 is 0 Å². The quantitative estimate of drug-likeness (QED) is 0.689. The highest BCUT2D eigenvalue weighted by Gasteiger charge is 2.10. The maximum Gasteiger partial charge on any atom is 0.195 e. The van der Waals surface area contributed by atoms with Gasteiger partial charge in [0.2, 0.25) is 0 Å². The van der Waals surface area contributed by atoms with Crippen molar-refractivity contribution in [2.45, 2.75) is 52.4 Å². The minimum Gasteiger partial charge on any atom is -0.445 e. The Bertz CT molecular complexity index is 283. The lowest BCUT2D eigenvalue weighted by Crippen LogP contribution is -2.17. The van der Waals surface area contributed by atoms with Crippen LogP contribution in [0.25, 0.3) is 0 Å². The Kier molecular flexibility index (Phi) is 6.16. The summed E-state index contributed by atoms with van der Waals surface area (Å²) in [5.74, 6) is 2.39. The van der Waals surface area contributed by atoms with Gasteiger partial charge in [-0.15, -0.1) is 0 Å². The molecule has 0 bridgehead atoms. The van der Waals surface area contributed by atoms with Crippen molar-refractivity contribution in [2.24, 2.45) is 0 Å². The monoisotopic (exact) mass is 224 g/mol. The molecule has 1 aromatic rings. The van der Waals surface area contributed by atoms with E-state index in [1.807, 2.05) is 6.20 Å². The molecule has 0 saturated carbocycles. The predicted octanol–water partition coefficient (Wildman–Crippen LogP) is 3.12. The van der Waals surface area contributed by atoms with Crippen molar-refractivity contribution >= 4 is 0 Å². The molecular formula is C13H24N2O. The zero-order valence-corrected chi connectivity index (χ0v) is 10.8. The van der Waals surface area contributed by atoms with Crippen LogP contribution >= 0.6 is 0 Å². The highest BCUT2D eigenvalue weighted by Crippen LogP contribution is 2.21. The first-order chi connectivity index (χ1) is 7.77. The van der Waals surface area contributed by atoms with Gasteiger partial charge in [0.15, 0.2) is 5.89 Å². The molecule has 0 spiro atoms. The van der Waals surface area contributed by atoms with Crippen LogP contribution in [0.3, 0.4) is 0 Å². The van der Waals surface area contributed by atoms with E-state index in [0.29, 0.717) is 5.92 Å². The lowest BCUT2D eigenvalue weighted by molar-refractivity contribution is 0.417. The summed E-state index contributed by atoms with van der Waals surface area (Å²) in [7, 11) is 0. The molecule has 0 amide bonds. The van der Waals surface area contributed by atoms with Crippen LogP contribution in [0.5, 0.6) is 0 Å². The average Bonchev–Trinajstić information content (AvgIpc) is 2.73. The lowest BCUT2D eigenvalue weighted by atomic mass is 10.0. The Labute approximate surface area is 98.6 Å². The Morgan fingerprint density at radius 1 is 1.31 bits per heavy atom. The van der Waals surface area contributed by atoms with E-state index in [4.69, 9.17) is 4.42 Å². The Balaban J connectivity index is 2.33. The molecule has 1 rings (SSSR count). The van der Waals surface area contributed by atoms with Crippen molar-refractivity contribution < 1.29 is 4.42 Å². The van der Waals surface area contributed by atoms with Gasteiger partial charge in [0.25, 0.3) is 0 Å². The molecule has 1 N–H and O–H groups in total. The zero-order valence-electron chi connectivity index (χ0n) is 10.8. The standard InChI is InChI=1S/C13H24N2O/c1-4-6-11(3)12-10-15-13(16-12)7-9-14-8-5-2/h10-11,14H,4-9H2,1-3H3. The summed E-state index contributed by atoms with van der Waals surface area (Å²) in [6.45, 7) is 8.59. The molecule has 1 heterocycles. The summed E-state index contributed by atoms with van der Waals surface area (Å²) in [5, 5.41) is 3.35. The van der Waals surface area contributed by atoms with E-state index in [2.05, 4.69) is 31.1 Å². The molecule has 3 nitrogen and oxygen atoms in total. The maximum absolute atomic E-state index is 5.73. The van der Waals surface area contributed by atoms with E-state index in [-0.39, 0.29) is 0 Å². The fourth-order valence-electron chi connectivity index (χ4n) is 1.74. The third-order valence-electron chi connectivity index (χ3n) is 2.72. The van der Waals surface area contributed by atoms with E-state index >= 15 is 0 Å². The molecule has 0 aliphatic rings. The first kappa shape index (κ1) is 13.2. The molecule has 3 heteroatoms. The molecule has 1 aromatic heterocycles. The largest absolute Gasteiger partial charge is 0.445 e. The molecule has 1 atom stereocenters. The van der Waals surface area contributed by atoms with Gasteiger partial charge in [-0.1, -0.05) is 27.2 Å². The minimum absolute atomic E-state index is 0.495. The second-order valence-electron chi connectivity index (χ2n) is 4.35. The number of rotatable bonds is 8. The molecular weight excluding hydrogens is 200 g/mol. The first-order valence-corrected chi connectivity index (χ1v) is 6.43. The van der Waals surface area contributed by atoms with Crippen LogP contribution in [-0.2, 0) is 6.42 Å². The fourth-order valence-corrected chi connectivity index (χ4v) is 1.74. The van der Waals surface area contributed by atoms with Gasteiger partial charge in [-0.25, -0.2) is 4.98 Å². The van der Waals surface area contributed by atoms with Crippen LogP contribution in [-0.4, -0.2) is 18.1 Å². The number of nitrogens with zero attached hydrogens (tertiary/aromatic N) is 1. The number of hydrogen-bond donors (Lipinski definition) is 1. The van der Waals surface area contributed by atoms with Gasteiger partial charge in [0.05, 0.1) is 6.20 Å². The van der Waals surface area contributed by atoms with Crippen LogP contribution < -0.4 is 5.32 Å². The van der Waals surface area contributed by atoms with Crippen molar-refractivity contribution in [3.63, 3.8) is 0 Å². The third kappa shape index (κ3) is 4.35. The highest BCUT2D eigenvalue weighted by molar-refractivity contribution is 5.00. The second-order valence-corrected chi connectivity index (χ2v) is 4.35. The molecule has 1 unspecified atom stereocenters. The smallest absolute Gasteiger partial charge is 0.195 e. The normalized spacial score (nSPS) is 12.9. The number of nitrogens with one attached hydrogen (secondary N) is 1. The van der Waals surface area contributed by atoms with Crippen LogP contribution in [0.2, 0.25) is 0 Å². The van der Waals surface area contributed by atoms with Crippen LogP contribution in [0.1, 0.15) is 57.6 Å². The third-order valence-corrected chi connectivity index (χ3v) is 2.72. The summed E-state index contributed by atoms with van der Waals surface area (Å²) < 4.78 is 5.73. The number of aromatic nitrogens is 1. The summed E-state index contributed by atoms with van der Waals surface area (Å²) in [6.07, 6.45) is 6.30. The van der Waals surface area contributed by atoms with Crippen molar-refractivity contribution in [3.8, 4) is 0 Å². The number of oxazole rings is 1. The van der Waals surface area contributed by atoms with Gasteiger partial charge in [0, 0.05) is 18.9 Å². The Morgan fingerprint density at radius 3 is 2.81 bits per heavy atom. The summed E-state index contributed by atoms with van der Waals surface area (Å²) in [6, 6.07) is 0. The molecule has 0 fully saturated rings. The van der Waals surface area contributed by atoms with Gasteiger partial charge in [-0.05, 0) is 19.4 Å². The molecule has 0 aromatic carbocycles. The van der Waals surface area contributed by atoms with Gasteiger partial charge < -0.3 is 9.73 Å². The van der Waals surface area contributed by atoms with Gasteiger partial charge in [-0.2, -0.15) is 0 Å². The fraction of sp³-hybridized carbons (Fsp3) is 0.769. The highest BCUT2D eigenvalue weighted by atomic mass is 16.4.